The number of hydrogen-bond donors (Lipinski definition) is 0. The molecule has 0 bridgehead atoms. The van der Waals surface area contributed by atoms with Gasteiger partial charge in [0.25, 0.3) is 0 Å². The highest BCUT2D eigenvalue weighted by atomic mass is 32.2. The van der Waals surface area contributed by atoms with Crippen LogP contribution in [-0.2, 0) is 10.0 Å². The van der Waals surface area contributed by atoms with Gasteiger partial charge in [0.2, 0.25) is 10.0 Å². The summed E-state index contributed by atoms with van der Waals surface area (Å²) in [6.07, 6.45) is 5.91. The molecule has 3 rings (SSSR count). The molecule has 1 aliphatic heterocycles. The van der Waals surface area contributed by atoms with E-state index in [0.29, 0.717) is 23.9 Å². The van der Waals surface area contributed by atoms with Crippen molar-refractivity contribution in [2.75, 3.05) is 24.5 Å². The van der Waals surface area contributed by atoms with E-state index in [0.717, 1.165) is 24.9 Å². The highest BCUT2D eigenvalue weighted by Gasteiger charge is 2.38. The molecule has 1 fully saturated rings. The van der Waals surface area contributed by atoms with Gasteiger partial charge in [0.15, 0.2) is 0 Å². The third-order valence-corrected chi connectivity index (χ3v) is 8.23. The lowest BCUT2D eigenvalue weighted by Gasteiger charge is -2.44. The van der Waals surface area contributed by atoms with Crippen LogP contribution in [0.2, 0.25) is 0 Å². The fourth-order valence-electron chi connectivity index (χ4n) is 4.36. The Bertz CT molecular complexity index is 881. The lowest BCUT2D eigenvalue weighted by molar-refractivity contribution is 0.214. The maximum absolute atomic E-state index is 13.5. The third kappa shape index (κ3) is 5.44. The van der Waals surface area contributed by atoms with Crippen molar-refractivity contribution in [1.82, 2.24) is 4.31 Å². The van der Waals surface area contributed by atoms with Crippen LogP contribution in [-0.4, -0.2) is 38.4 Å². The van der Waals surface area contributed by atoms with Gasteiger partial charge in [-0.1, -0.05) is 75.4 Å². The van der Waals surface area contributed by atoms with Crippen molar-refractivity contribution in [2.24, 2.45) is 5.92 Å². The minimum absolute atomic E-state index is 0.0214. The predicted molar refractivity (Wildman–Crippen MR) is 125 cm³/mol. The van der Waals surface area contributed by atoms with Crippen molar-refractivity contribution in [2.45, 2.75) is 63.8 Å². The van der Waals surface area contributed by atoms with Crippen molar-refractivity contribution < 1.29 is 8.42 Å². The number of benzene rings is 2. The Labute approximate surface area is 183 Å². The van der Waals surface area contributed by atoms with E-state index in [-0.39, 0.29) is 6.04 Å². The molecule has 2 aromatic carbocycles. The molecule has 0 aromatic heterocycles. The van der Waals surface area contributed by atoms with Crippen molar-refractivity contribution in [3.05, 3.63) is 60.2 Å². The summed E-state index contributed by atoms with van der Waals surface area (Å²) in [7, 11) is -3.51. The number of hydrogen-bond acceptors (Lipinski definition) is 3. The van der Waals surface area contributed by atoms with E-state index < -0.39 is 10.0 Å². The molecule has 5 heteroatoms. The van der Waals surface area contributed by atoms with Crippen LogP contribution in [0.1, 0.15) is 51.5 Å². The molecule has 0 saturated carbocycles. The summed E-state index contributed by atoms with van der Waals surface area (Å²) < 4.78 is 28.9. The Morgan fingerprint density at radius 3 is 2.33 bits per heavy atom. The Balaban J connectivity index is 1.83. The molecular weight excluding hydrogens is 392 g/mol. The van der Waals surface area contributed by atoms with Gasteiger partial charge in [-0.2, -0.15) is 4.31 Å². The topological polar surface area (TPSA) is 40.6 Å². The summed E-state index contributed by atoms with van der Waals surface area (Å²) in [6, 6.07) is 17.6. The van der Waals surface area contributed by atoms with Crippen LogP contribution < -0.4 is 4.90 Å². The summed E-state index contributed by atoms with van der Waals surface area (Å²) in [5.74, 6) is 0.314. The van der Waals surface area contributed by atoms with Gasteiger partial charge < -0.3 is 4.90 Å². The van der Waals surface area contributed by atoms with Crippen molar-refractivity contribution >= 4 is 15.7 Å². The van der Waals surface area contributed by atoms with Gasteiger partial charge in [-0.25, -0.2) is 8.42 Å². The van der Waals surface area contributed by atoms with Crippen LogP contribution in [0.25, 0.3) is 0 Å². The van der Waals surface area contributed by atoms with Crippen molar-refractivity contribution in [1.29, 1.82) is 0 Å². The van der Waals surface area contributed by atoms with Gasteiger partial charge in [0.1, 0.15) is 0 Å². The van der Waals surface area contributed by atoms with Gasteiger partial charge in [-0.15, -0.1) is 0 Å². The Hall–Kier alpha value is -1.85. The standard InChI is InChI=1S/C25H36N2O2S/c1-4-5-6-8-11-22(3)25-20-26(23-12-9-7-10-13-23)18-19-27(25)30(28,29)24-16-14-21(2)15-17-24/h7,9-10,12-17,22,25H,4-6,8,11,18-20H2,1-3H3/t22-,25-/m0/s1. The number of rotatable bonds is 9. The van der Waals surface area contributed by atoms with Crippen molar-refractivity contribution in [3.63, 3.8) is 0 Å². The molecule has 0 unspecified atom stereocenters. The summed E-state index contributed by atoms with van der Waals surface area (Å²) in [6.45, 7) is 8.41. The first kappa shape index (κ1) is 22.8. The summed E-state index contributed by atoms with van der Waals surface area (Å²) in [5.41, 5.74) is 2.25. The molecule has 2 atom stereocenters. The molecule has 2 aromatic rings. The largest absolute Gasteiger partial charge is 0.369 e. The zero-order chi connectivity index (χ0) is 21.6. The van der Waals surface area contributed by atoms with Crippen LogP contribution in [0.15, 0.2) is 59.5 Å². The van der Waals surface area contributed by atoms with Crippen LogP contribution in [0, 0.1) is 12.8 Å². The Morgan fingerprint density at radius 1 is 0.967 bits per heavy atom. The average molecular weight is 429 g/mol. The van der Waals surface area contributed by atoms with Gasteiger partial charge in [0, 0.05) is 31.4 Å². The van der Waals surface area contributed by atoms with Gasteiger partial charge >= 0.3 is 0 Å². The van der Waals surface area contributed by atoms with Gasteiger partial charge in [-0.3, -0.25) is 0 Å². The monoisotopic (exact) mass is 428 g/mol. The highest BCUT2D eigenvalue weighted by molar-refractivity contribution is 7.89. The van der Waals surface area contributed by atoms with Crippen LogP contribution >= 0.6 is 0 Å². The summed E-state index contributed by atoms with van der Waals surface area (Å²) >= 11 is 0. The van der Waals surface area contributed by atoms with E-state index >= 15 is 0 Å². The molecule has 0 amide bonds. The fourth-order valence-corrected chi connectivity index (χ4v) is 6.06. The van der Waals surface area contributed by atoms with E-state index in [9.17, 15) is 8.42 Å². The van der Waals surface area contributed by atoms with E-state index in [1.807, 2.05) is 37.3 Å². The zero-order valence-corrected chi connectivity index (χ0v) is 19.4. The average Bonchev–Trinajstić information content (AvgIpc) is 2.77. The second-order valence-electron chi connectivity index (χ2n) is 8.60. The highest BCUT2D eigenvalue weighted by Crippen LogP contribution is 2.30. The normalized spacial score (nSPS) is 19.0. The molecule has 1 aliphatic rings. The SMILES string of the molecule is CCCCCC[C@H](C)[C@@H]1CN(c2ccccc2)CCN1S(=O)(=O)c1ccc(C)cc1. The Kier molecular flexibility index (Phi) is 7.95. The molecule has 1 heterocycles. The Morgan fingerprint density at radius 2 is 1.67 bits per heavy atom. The number of aryl methyl sites for hydroxylation is 1. The number of unbranched alkanes of at least 4 members (excludes halogenated alkanes) is 3. The summed E-state index contributed by atoms with van der Waals surface area (Å²) in [5, 5.41) is 0. The van der Waals surface area contributed by atoms with Gasteiger partial charge in [0.05, 0.1) is 4.90 Å². The fraction of sp³-hybridized carbons (Fsp3) is 0.520. The minimum atomic E-state index is -3.51. The molecule has 0 aliphatic carbocycles. The first-order valence-electron chi connectivity index (χ1n) is 11.3. The number of nitrogens with zero attached hydrogens (tertiary/aromatic N) is 2. The number of piperazine rings is 1. The lowest BCUT2D eigenvalue weighted by Crippen LogP contribution is -2.57. The second-order valence-corrected chi connectivity index (χ2v) is 10.5. The number of anilines is 1. The molecular formula is C25H36N2O2S. The molecule has 0 radical (unpaired) electrons. The maximum Gasteiger partial charge on any atom is 0.243 e. The van der Waals surface area contributed by atoms with E-state index in [1.165, 1.54) is 24.9 Å². The molecule has 164 valence electrons. The molecule has 30 heavy (non-hydrogen) atoms. The number of sulfonamides is 1. The van der Waals surface area contributed by atoms with E-state index in [1.54, 1.807) is 16.4 Å². The van der Waals surface area contributed by atoms with Crippen LogP contribution in [0.4, 0.5) is 5.69 Å². The zero-order valence-electron chi connectivity index (χ0n) is 18.6. The third-order valence-electron chi connectivity index (χ3n) is 6.29. The summed E-state index contributed by atoms with van der Waals surface area (Å²) in [4.78, 5) is 2.75. The minimum Gasteiger partial charge on any atom is -0.369 e. The van der Waals surface area contributed by atoms with Crippen LogP contribution in [0.3, 0.4) is 0 Å². The van der Waals surface area contributed by atoms with Crippen LogP contribution in [0.5, 0.6) is 0 Å². The maximum atomic E-state index is 13.5. The number of para-hydroxylation sites is 1. The molecule has 0 N–H and O–H groups in total. The predicted octanol–water partition coefficient (Wildman–Crippen LogP) is 5.48. The first-order chi connectivity index (χ1) is 14.4. The lowest BCUT2D eigenvalue weighted by atomic mass is 9.93. The van der Waals surface area contributed by atoms with Crippen molar-refractivity contribution in [3.8, 4) is 0 Å². The molecule has 0 spiro atoms. The van der Waals surface area contributed by atoms with Gasteiger partial charge in [-0.05, 0) is 43.5 Å². The molecule has 4 nitrogen and oxygen atoms in total. The quantitative estimate of drug-likeness (QED) is 0.497. The van der Waals surface area contributed by atoms with E-state index in [4.69, 9.17) is 0 Å². The second kappa shape index (κ2) is 10.5. The molecule has 1 saturated heterocycles. The van der Waals surface area contributed by atoms with E-state index in [2.05, 4.69) is 30.9 Å². The smallest absolute Gasteiger partial charge is 0.243 e. The first-order valence-corrected chi connectivity index (χ1v) is 12.8.